The van der Waals surface area contributed by atoms with Gasteiger partial charge in [0.15, 0.2) is 0 Å². The van der Waals surface area contributed by atoms with E-state index in [0.29, 0.717) is 6.10 Å². The molecule has 0 aromatic carbocycles. The minimum Gasteiger partial charge on any atom is -0.377 e. The van der Waals surface area contributed by atoms with E-state index in [2.05, 4.69) is 17.1 Å². The molecule has 3 nitrogen and oxygen atoms in total. The lowest BCUT2D eigenvalue weighted by atomic mass is 10.0. The first kappa shape index (κ1) is 12.3. The van der Waals surface area contributed by atoms with Crippen molar-refractivity contribution in [2.45, 2.75) is 51.2 Å². The summed E-state index contributed by atoms with van der Waals surface area (Å²) in [6.07, 6.45) is 6.97. The third-order valence-corrected chi connectivity index (χ3v) is 3.67. The summed E-state index contributed by atoms with van der Waals surface area (Å²) in [5.41, 5.74) is 0. The summed E-state index contributed by atoms with van der Waals surface area (Å²) in [6.45, 7) is 8.03. The molecule has 2 unspecified atom stereocenters. The first-order valence-corrected chi connectivity index (χ1v) is 6.96. The Kier molecular flexibility index (Phi) is 5.07. The molecular formula is C13H26N2O. The van der Waals surface area contributed by atoms with Crippen LogP contribution < -0.4 is 5.32 Å². The number of likely N-dealkylation sites (tertiary alicyclic amines) is 1. The lowest BCUT2D eigenvalue weighted by Crippen LogP contribution is -2.47. The zero-order chi connectivity index (χ0) is 11.2. The topological polar surface area (TPSA) is 24.5 Å². The second kappa shape index (κ2) is 6.58. The van der Waals surface area contributed by atoms with E-state index in [1.54, 1.807) is 0 Å². The lowest BCUT2D eigenvalue weighted by Gasteiger charge is -2.34. The Labute approximate surface area is 99.5 Å². The van der Waals surface area contributed by atoms with Gasteiger partial charge in [0.2, 0.25) is 0 Å². The smallest absolute Gasteiger partial charge is 0.0702 e. The van der Waals surface area contributed by atoms with Crippen LogP contribution in [-0.4, -0.2) is 49.8 Å². The van der Waals surface area contributed by atoms with Gasteiger partial charge in [0.1, 0.15) is 0 Å². The van der Waals surface area contributed by atoms with Crippen molar-refractivity contribution in [3.05, 3.63) is 0 Å². The van der Waals surface area contributed by atoms with E-state index in [1.807, 2.05) is 0 Å². The fourth-order valence-electron chi connectivity index (χ4n) is 2.81. The molecule has 0 bridgehead atoms. The predicted molar refractivity (Wildman–Crippen MR) is 66.7 cm³/mol. The molecule has 94 valence electrons. The molecule has 2 rings (SSSR count). The molecule has 2 atom stereocenters. The molecule has 0 radical (unpaired) electrons. The van der Waals surface area contributed by atoms with Crippen LogP contribution in [0.25, 0.3) is 0 Å². The highest BCUT2D eigenvalue weighted by atomic mass is 16.5. The van der Waals surface area contributed by atoms with Gasteiger partial charge in [0, 0.05) is 25.7 Å². The van der Waals surface area contributed by atoms with Gasteiger partial charge < -0.3 is 10.1 Å². The van der Waals surface area contributed by atoms with Gasteiger partial charge in [-0.2, -0.15) is 0 Å². The molecule has 1 N–H and O–H groups in total. The first-order chi connectivity index (χ1) is 7.88. The van der Waals surface area contributed by atoms with Crippen molar-refractivity contribution in [3.63, 3.8) is 0 Å². The summed E-state index contributed by atoms with van der Waals surface area (Å²) in [4.78, 5) is 2.59. The van der Waals surface area contributed by atoms with Crippen LogP contribution in [0.3, 0.4) is 0 Å². The van der Waals surface area contributed by atoms with Crippen LogP contribution in [0.5, 0.6) is 0 Å². The van der Waals surface area contributed by atoms with Crippen molar-refractivity contribution in [3.8, 4) is 0 Å². The van der Waals surface area contributed by atoms with E-state index in [4.69, 9.17) is 4.74 Å². The Morgan fingerprint density at radius 3 is 3.00 bits per heavy atom. The molecule has 2 aliphatic rings. The van der Waals surface area contributed by atoms with Crippen LogP contribution >= 0.6 is 0 Å². The SMILES string of the molecule is CCCNC1CCCN(CC2CCCO2)C1. The summed E-state index contributed by atoms with van der Waals surface area (Å²) >= 11 is 0. The van der Waals surface area contributed by atoms with Crippen molar-refractivity contribution in [2.24, 2.45) is 0 Å². The molecule has 0 aliphatic carbocycles. The van der Waals surface area contributed by atoms with Crippen LogP contribution in [0.4, 0.5) is 0 Å². The zero-order valence-corrected chi connectivity index (χ0v) is 10.6. The standard InChI is InChI=1S/C13H26N2O/c1-2-7-14-12-5-3-8-15(10-12)11-13-6-4-9-16-13/h12-14H,2-11H2,1H3. The van der Waals surface area contributed by atoms with Gasteiger partial charge in [-0.1, -0.05) is 6.92 Å². The molecule has 2 fully saturated rings. The summed E-state index contributed by atoms with van der Waals surface area (Å²) in [5.74, 6) is 0. The highest BCUT2D eigenvalue weighted by Crippen LogP contribution is 2.16. The molecular weight excluding hydrogens is 200 g/mol. The Hall–Kier alpha value is -0.120. The number of ether oxygens (including phenoxy) is 1. The summed E-state index contributed by atoms with van der Waals surface area (Å²) in [7, 11) is 0. The zero-order valence-electron chi connectivity index (χ0n) is 10.6. The van der Waals surface area contributed by atoms with E-state index in [9.17, 15) is 0 Å². The molecule has 0 saturated carbocycles. The largest absolute Gasteiger partial charge is 0.377 e. The van der Waals surface area contributed by atoms with E-state index >= 15 is 0 Å². The van der Waals surface area contributed by atoms with Crippen LogP contribution in [0.1, 0.15) is 39.0 Å². The summed E-state index contributed by atoms with van der Waals surface area (Å²) in [6, 6.07) is 0.718. The Morgan fingerprint density at radius 2 is 2.25 bits per heavy atom. The van der Waals surface area contributed by atoms with E-state index < -0.39 is 0 Å². The maximum absolute atomic E-state index is 5.71. The van der Waals surface area contributed by atoms with Crippen LogP contribution in [0.15, 0.2) is 0 Å². The fraction of sp³-hybridized carbons (Fsp3) is 1.00. The minimum absolute atomic E-state index is 0.518. The monoisotopic (exact) mass is 226 g/mol. The van der Waals surface area contributed by atoms with Gasteiger partial charge in [-0.05, 0) is 45.2 Å². The highest BCUT2D eigenvalue weighted by molar-refractivity contribution is 4.80. The number of hydrogen-bond donors (Lipinski definition) is 1. The number of nitrogens with zero attached hydrogens (tertiary/aromatic N) is 1. The molecule has 2 heterocycles. The third kappa shape index (κ3) is 3.72. The highest BCUT2D eigenvalue weighted by Gasteiger charge is 2.23. The molecule has 0 aromatic rings. The fourth-order valence-corrected chi connectivity index (χ4v) is 2.81. The van der Waals surface area contributed by atoms with Gasteiger partial charge in [-0.3, -0.25) is 4.90 Å². The van der Waals surface area contributed by atoms with Gasteiger partial charge >= 0.3 is 0 Å². The Bertz CT molecular complexity index is 192. The molecule has 0 aromatic heterocycles. The van der Waals surface area contributed by atoms with Crippen LogP contribution in [-0.2, 0) is 4.74 Å². The van der Waals surface area contributed by atoms with E-state index in [-0.39, 0.29) is 0 Å². The molecule has 16 heavy (non-hydrogen) atoms. The van der Waals surface area contributed by atoms with Gasteiger partial charge in [0.05, 0.1) is 6.10 Å². The van der Waals surface area contributed by atoms with E-state index in [1.165, 1.54) is 51.7 Å². The summed E-state index contributed by atoms with van der Waals surface area (Å²) in [5, 5.41) is 3.64. The number of hydrogen-bond acceptors (Lipinski definition) is 3. The van der Waals surface area contributed by atoms with Crippen LogP contribution in [0.2, 0.25) is 0 Å². The normalized spacial score (nSPS) is 32.1. The predicted octanol–water partition coefficient (Wildman–Crippen LogP) is 1.63. The lowest BCUT2D eigenvalue weighted by molar-refractivity contribution is 0.0610. The third-order valence-electron chi connectivity index (χ3n) is 3.67. The molecule has 3 heteroatoms. The Morgan fingerprint density at radius 1 is 1.31 bits per heavy atom. The van der Waals surface area contributed by atoms with Crippen LogP contribution in [0, 0.1) is 0 Å². The molecule has 0 spiro atoms. The second-order valence-corrected chi connectivity index (χ2v) is 5.19. The van der Waals surface area contributed by atoms with Crippen molar-refractivity contribution in [1.29, 1.82) is 0 Å². The van der Waals surface area contributed by atoms with Gasteiger partial charge in [-0.15, -0.1) is 0 Å². The van der Waals surface area contributed by atoms with Crippen molar-refractivity contribution < 1.29 is 4.74 Å². The van der Waals surface area contributed by atoms with Gasteiger partial charge in [0.25, 0.3) is 0 Å². The van der Waals surface area contributed by atoms with Crippen molar-refractivity contribution in [1.82, 2.24) is 10.2 Å². The number of nitrogens with one attached hydrogen (secondary N) is 1. The maximum atomic E-state index is 5.71. The summed E-state index contributed by atoms with van der Waals surface area (Å²) < 4.78 is 5.71. The number of piperidine rings is 1. The quantitative estimate of drug-likeness (QED) is 0.771. The van der Waals surface area contributed by atoms with E-state index in [0.717, 1.165) is 19.2 Å². The molecule has 0 amide bonds. The Balaban J connectivity index is 1.68. The number of rotatable bonds is 5. The first-order valence-electron chi connectivity index (χ1n) is 6.96. The average molecular weight is 226 g/mol. The minimum atomic E-state index is 0.518. The average Bonchev–Trinajstić information content (AvgIpc) is 2.80. The molecule has 2 aliphatic heterocycles. The molecule has 2 saturated heterocycles. The van der Waals surface area contributed by atoms with Crippen molar-refractivity contribution >= 4 is 0 Å². The van der Waals surface area contributed by atoms with Crippen molar-refractivity contribution in [2.75, 3.05) is 32.8 Å². The second-order valence-electron chi connectivity index (χ2n) is 5.19. The van der Waals surface area contributed by atoms with Gasteiger partial charge in [-0.25, -0.2) is 0 Å². The maximum Gasteiger partial charge on any atom is 0.0702 e.